The molecule has 0 unspecified atom stereocenters. The number of benzene rings is 2. The first-order chi connectivity index (χ1) is 9.27. The van der Waals surface area contributed by atoms with E-state index in [-0.39, 0.29) is 0 Å². The van der Waals surface area contributed by atoms with E-state index in [0.29, 0.717) is 16.1 Å². The van der Waals surface area contributed by atoms with Gasteiger partial charge in [-0.25, -0.2) is 0 Å². The molecule has 0 spiro atoms. The minimum Gasteiger partial charge on any atom is -0.139 e. The lowest BCUT2D eigenvalue weighted by Gasteiger charge is -2.33. The van der Waals surface area contributed by atoms with Crippen molar-refractivity contribution < 1.29 is 0 Å². The van der Waals surface area contributed by atoms with Gasteiger partial charge in [0.1, 0.15) is 0 Å². The minimum atomic E-state index is 0.421. The highest BCUT2D eigenvalue weighted by Gasteiger charge is 2.33. The Morgan fingerprint density at radius 2 is 1.63 bits per heavy atom. The van der Waals surface area contributed by atoms with Crippen molar-refractivity contribution in [2.75, 3.05) is 0 Å². The van der Waals surface area contributed by atoms with Gasteiger partial charge in [0.2, 0.25) is 0 Å². The first-order valence-corrected chi connectivity index (χ1v) is 8.86. The summed E-state index contributed by atoms with van der Waals surface area (Å²) < 4.78 is 0.421. The zero-order chi connectivity index (χ0) is 13.2. The average molecular weight is 380 g/mol. The summed E-state index contributed by atoms with van der Waals surface area (Å²) in [6.45, 7) is 0. The minimum absolute atomic E-state index is 0.421. The smallest absolute Gasteiger partial charge is 0.139 e. The van der Waals surface area contributed by atoms with Crippen molar-refractivity contribution in [1.29, 1.82) is 0 Å². The Morgan fingerprint density at radius 1 is 0.895 bits per heavy atom. The maximum absolute atomic E-state index is 3.75. The second-order valence-corrected chi connectivity index (χ2v) is 8.66. The molecule has 0 N–H and O–H groups in total. The van der Waals surface area contributed by atoms with E-state index >= 15 is 0 Å². The van der Waals surface area contributed by atoms with E-state index in [4.69, 9.17) is 0 Å². The number of rotatable bonds is 2. The molecular formula is C16H17BBr2. The van der Waals surface area contributed by atoms with Gasteiger partial charge in [-0.2, -0.15) is 0 Å². The predicted molar refractivity (Wildman–Crippen MR) is 92.5 cm³/mol. The summed E-state index contributed by atoms with van der Waals surface area (Å²) in [5.74, 6) is 1.36. The van der Waals surface area contributed by atoms with E-state index < -0.39 is 0 Å². The molecule has 0 heterocycles. The molecule has 3 heteroatoms. The van der Waals surface area contributed by atoms with Crippen LogP contribution in [0.4, 0.5) is 0 Å². The Bertz CT molecular complexity index is 562. The third kappa shape index (κ3) is 2.78. The summed E-state index contributed by atoms with van der Waals surface area (Å²) in [6.07, 6.45) is 5.35. The number of hydrogen-bond acceptors (Lipinski definition) is 0. The number of halogens is 2. The largest absolute Gasteiger partial charge is 0.302 e. The summed E-state index contributed by atoms with van der Waals surface area (Å²) in [5, 5.41) is 2.80. The Balaban J connectivity index is 2.07. The zero-order valence-corrected chi connectivity index (χ0v) is 14.0. The van der Waals surface area contributed by atoms with Gasteiger partial charge in [0.25, 0.3) is 0 Å². The van der Waals surface area contributed by atoms with E-state index in [1.807, 2.05) is 0 Å². The van der Waals surface area contributed by atoms with Crippen LogP contribution in [0, 0.1) is 0 Å². The summed E-state index contributed by atoms with van der Waals surface area (Å²) in [7, 11) is 0. The lowest BCUT2D eigenvalue weighted by atomic mass is 9.64. The standard InChI is InChI=1S/C16H17BBr2/c18-17(19)16-11-4-3-9-15(16)14-10-5-7-12-6-1-2-8-13(12)14/h1-2,5-8,10,15-16H,3-4,9,11H2/t15-,16+/m0/s1. The van der Waals surface area contributed by atoms with Gasteiger partial charge in [-0.15, -0.1) is 31.5 Å². The third-order valence-corrected chi connectivity index (χ3v) is 5.72. The number of hydrogen-bond donors (Lipinski definition) is 0. The van der Waals surface area contributed by atoms with Crippen molar-refractivity contribution in [1.82, 2.24) is 0 Å². The molecule has 0 saturated heterocycles. The zero-order valence-electron chi connectivity index (χ0n) is 10.9. The topological polar surface area (TPSA) is 0 Å². The van der Waals surface area contributed by atoms with Crippen LogP contribution >= 0.6 is 31.5 Å². The van der Waals surface area contributed by atoms with Gasteiger partial charge >= 0.3 is 4.36 Å². The fraction of sp³-hybridized carbons (Fsp3) is 0.375. The van der Waals surface area contributed by atoms with Crippen molar-refractivity contribution in [2.24, 2.45) is 0 Å². The summed E-state index contributed by atoms with van der Waals surface area (Å²) in [6, 6.07) is 15.5. The molecule has 0 amide bonds. The molecule has 1 saturated carbocycles. The van der Waals surface area contributed by atoms with Crippen LogP contribution in [-0.4, -0.2) is 4.36 Å². The van der Waals surface area contributed by atoms with E-state index in [0.717, 1.165) is 0 Å². The Labute approximate surface area is 132 Å². The molecule has 2 aromatic rings. The molecule has 1 aliphatic carbocycles. The molecule has 2 atom stereocenters. The lowest BCUT2D eigenvalue weighted by molar-refractivity contribution is 0.444. The molecule has 0 aromatic heterocycles. The molecule has 98 valence electrons. The van der Waals surface area contributed by atoms with Crippen LogP contribution in [-0.2, 0) is 0 Å². The quantitative estimate of drug-likeness (QED) is 0.549. The van der Waals surface area contributed by atoms with Gasteiger partial charge in [-0.1, -0.05) is 61.7 Å². The van der Waals surface area contributed by atoms with E-state index in [1.165, 1.54) is 42.0 Å². The summed E-state index contributed by atoms with van der Waals surface area (Å²) in [5.41, 5.74) is 1.53. The Hall–Kier alpha value is -0.275. The number of fused-ring (bicyclic) bond motifs is 1. The molecule has 1 fully saturated rings. The average Bonchev–Trinajstić information content (AvgIpc) is 2.46. The predicted octanol–water partition coefficient (Wildman–Crippen LogP) is 6.15. The van der Waals surface area contributed by atoms with E-state index in [1.54, 1.807) is 0 Å². The fourth-order valence-electron chi connectivity index (χ4n) is 3.42. The molecule has 0 nitrogen and oxygen atoms in total. The maximum atomic E-state index is 3.75. The van der Waals surface area contributed by atoms with E-state index in [9.17, 15) is 0 Å². The molecule has 19 heavy (non-hydrogen) atoms. The maximum Gasteiger partial charge on any atom is 0.302 e. The van der Waals surface area contributed by atoms with Crippen molar-refractivity contribution in [3.8, 4) is 0 Å². The molecule has 1 aliphatic rings. The van der Waals surface area contributed by atoms with Gasteiger partial charge in [0.15, 0.2) is 0 Å². The highest BCUT2D eigenvalue weighted by atomic mass is 79.9. The van der Waals surface area contributed by atoms with Crippen LogP contribution in [0.5, 0.6) is 0 Å². The van der Waals surface area contributed by atoms with Crippen molar-refractivity contribution >= 4 is 46.6 Å². The van der Waals surface area contributed by atoms with Crippen LogP contribution in [0.25, 0.3) is 10.8 Å². The molecule has 0 aliphatic heterocycles. The molecule has 2 aromatic carbocycles. The van der Waals surface area contributed by atoms with Crippen LogP contribution in [0.2, 0.25) is 5.82 Å². The highest BCUT2D eigenvalue weighted by Crippen LogP contribution is 2.47. The summed E-state index contributed by atoms with van der Waals surface area (Å²) in [4.78, 5) is 0. The third-order valence-electron chi connectivity index (χ3n) is 4.37. The van der Waals surface area contributed by atoms with Gasteiger partial charge in [0, 0.05) is 0 Å². The Morgan fingerprint density at radius 3 is 2.47 bits per heavy atom. The molecular weight excluding hydrogens is 363 g/mol. The van der Waals surface area contributed by atoms with Crippen LogP contribution in [0.3, 0.4) is 0 Å². The lowest BCUT2D eigenvalue weighted by Crippen LogP contribution is -2.20. The summed E-state index contributed by atoms with van der Waals surface area (Å²) >= 11 is 7.51. The van der Waals surface area contributed by atoms with Crippen molar-refractivity contribution in [3.63, 3.8) is 0 Å². The molecule has 0 radical (unpaired) electrons. The van der Waals surface area contributed by atoms with Crippen molar-refractivity contribution in [3.05, 3.63) is 48.0 Å². The molecule has 3 rings (SSSR count). The highest BCUT2D eigenvalue weighted by molar-refractivity contribution is 9.49. The van der Waals surface area contributed by atoms with Crippen LogP contribution < -0.4 is 0 Å². The van der Waals surface area contributed by atoms with Crippen LogP contribution in [0.1, 0.15) is 37.2 Å². The van der Waals surface area contributed by atoms with Gasteiger partial charge in [-0.05, 0) is 34.5 Å². The fourth-order valence-corrected chi connectivity index (χ4v) is 4.69. The van der Waals surface area contributed by atoms with Gasteiger partial charge in [0.05, 0.1) is 0 Å². The van der Waals surface area contributed by atoms with Gasteiger partial charge in [-0.3, -0.25) is 0 Å². The first-order valence-electron chi connectivity index (χ1n) is 7.03. The second-order valence-electron chi connectivity index (χ2n) is 5.46. The van der Waals surface area contributed by atoms with Crippen molar-refractivity contribution in [2.45, 2.75) is 37.4 Å². The molecule has 0 bridgehead atoms. The van der Waals surface area contributed by atoms with Gasteiger partial charge < -0.3 is 0 Å². The first kappa shape index (κ1) is 13.7. The second kappa shape index (κ2) is 6.01. The SMILES string of the molecule is BrB(Br)[C@@H]1CCCC[C@H]1c1cccc2ccccc12. The van der Waals surface area contributed by atoms with Crippen LogP contribution in [0.15, 0.2) is 42.5 Å². The Kier molecular flexibility index (Phi) is 4.33. The monoisotopic (exact) mass is 378 g/mol. The van der Waals surface area contributed by atoms with E-state index in [2.05, 4.69) is 74.0 Å². The normalized spacial score (nSPS) is 23.5.